The average molecular weight is 525 g/mol. The van der Waals surface area contributed by atoms with Gasteiger partial charge in [0, 0.05) is 23.3 Å². The van der Waals surface area contributed by atoms with E-state index in [4.69, 9.17) is 14.2 Å². The molecule has 7 heteroatoms. The van der Waals surface area contributed by atoms with Crippen molar-refractivity contribution < 1.29 is 23.8 Å². The van der Waals surface area contributed by atoms with Crippen molar-refractivity contribution in [3.63, 3.8) is 0 Å². The maximum absolute atomic E-state index is 13.8. The lowest BCUT2D eigenvalue weighted by Crippen LogP contribution is -2.56. The smallest absolute Gasteiger partial charge is 0.272 e. The van der Waals surface area contributed by atoms with Crippen molar-refractivity contribution in [1.82, 2.24) is 10.4 Å². The van der Waals surface area contributed by atoms with Gasteiger partial charge in [0.05, 0.1) is 12.6 Å². The molecule has 2 amide bonds. The van der Waals surface area contributed by atoms with Crippen molar-refractivity contribution in [2.75, 3.05) is 19.8 Å². The van der Waals surface area contributed by atoms with Gasteiger partial charge in [0.15, 0.2) is 6.29 Å². The van der Waals surface area contributed by atoms with Gasteiger partial charge >= 0.3 is 0 Å². The summed E-state index contributed by atoms with van der Waals surface area (Å²) < 4.78 is 17.3. The Morgan fingerprint density at radius 3 is 2.39 bits per heavy atom. The molecular weight excluding hydrogens is 480 g/mol. The van der Waals surface area contributed by atoms with Crippen molar-refractivity contribution >= 4 is 11.8 Å². The molecule has 0 aromatic heterocycles. The number of aryl methyl sites for hydroxylation is 2. The summed E-state index contributed by atoms with van der Waals surface area (Å²) in [6.07, 6.45) is 3.61. The van der Waals surface area contributed by atoms with Crippen LogP contribution in [-0.2, 0) is 9.47 Å². The molecule has 208 valence electrons. The molecule has 1 N–H and O–H groups in total. The molecule has 2 aromatic rings. The number of carbonyl (C=O) groups excluding carboxylic acids is 2. The molecule has 0 bridgehead atoms. The number of benzene rings is 2. The second-order valence-corrected chi connectivity index (χ2v) is 11.2. The highest BCUT2D eigenvalue weighted by Crippen LogP contribution is 2.28. The van der Waals surface area contributed by atoms with Crippen LogP contribution in [0.2, 0.25) is 0 Å². The maximum atomic E-state index is 13.8. The van der Waals surface area contributed by atoms with Crippen LogP contribution in [0.25, 0.3) is 0 Å². The number of carbonyl (C=O) groups is 2. The van der Waals surface area contributed by atoms with Gasteiger partial charge in [-0.05, 0) is 76.1 Å². The second kappa shape index (κ2) is 13.3. The Morgan fingerprint density at radius 1 is 1.08 bits per heavy atom. The molecule has 0 radical (unpaired) electrons. The number of nitrogens with zero attached hydrogens (tertiary/aromatic N) is 1. The van der Waals surface area contributed by atoms with Crippen molar-refractivity contribution in [2.45, 2.75) is 86.5 Å². The Balaban J connectivity index is 1.77. The van der Waals surface area contributed by atoms with E-state index in [9.17, 15) is 9.59 Å². The minimum Gasteiger partial charge on any atom is -0.491 e. The van der Waals surface area contributed by atoms with Gasteiger partial charge in [0.1, 0.15) is 12.4 Å². The van der Waals surface area contributed by atoms with E-state index in [1.807, 2.05) is 52.0 Å². The lowest BCUT2D eigenvalue weighted by molar-refractivity contribution is -0.165. The van der Waals surface area contributed by atoms with Crippen LogP contribution in [0.15, 0.2) is 36.4 Å². The van der Waals surface area contributed by atoms with Crippen molar-refractivity contribution in [3.05, 3.63) is 64.2 Å². The molecule has 2 atom stereocenters. The number of amides is 2. The minimum atomic E-state index is -0.347. The highest BCUT2D eigenvalue weighted by molar-refractivity contribution is 6.00. The summed E-state index contributed by atoms with van der Waals surface area (Å²) >= 11 is 0. The van der Waals surface area contributed by atoms with Crippen LogP contribution in [0.3, 0.4) is 0 Å². The number of nitrogens with one attached hydrogen (secondary N) is 1. The topological polar surface area (TPSA) is 77.1 Å². The quantitative estimate of drug-likeness (QED) is 0.315. The third kappa shape index (κ3) is 7.81. The Hall–Kier alpha value is -2.90. The first kappa shape index (κ1) is 29.7. The van der Waals surface area contributed by atoms with Gasteiger partial charge in [-0.25, -0.2) is 5.01 Å². The number of ether oxygens (including phenoxy) is 3. The fraction of sp³-hybridized carbons (Fsp3) is 0.548. The van der Waals surface area contributed by atoms with Gasteiger partial charge in [0.25, 0.3) is 11.8 Å². The van der Waals surface area contributed by atoms with Crippen molar-refractivity contribution in [1.29, 1.82) is 0 Å². The summed E-state index contributed by atoms with van der Waals surface area (Å²) in [5.41, 5.74) is 6.43. The van der Waals surface area contributed by atoms with Crippen LogP contribution >= 0.6 is 0 Å². The highest BCUT2D eigenvalue weighted by Gasteiger charge is 2.34. The van der Waals surface area contributed by atoms with Crippen LogP contribution in [0.5, 0.6) is 5.75 Å². The molecule has 38 heavy (non-hydrogen) atoms. The van der Waals surface area contributed by atoms with Gasteiger partial charge in [-0.3, -0.25) is 15.0 Å². The maximum Gasteiger partial charge on any atom is 0.272 e. The summed E-state index contributed by atoms with van der Waals surface area (Å²) in [6.45, 7) is 15.5. The molecule has 1 heterocycles. The highest BCUT2D eigenvalue weighted by atomic mass is 16.7. The SMILES string of the molecule is CC[C@@H](N(NC(=O)c1cccc(OCCOC2CCCCO2)c1C)C(=O)c1cc(C)cc(C)c1)C(C)(C)C. The van der Waals surface area contributed by atoms with Crippen LogP contribution in [0.1, 0.15) is 90.8 Å². The zero-order valence-electron chi connectivity index (χ0n) is 24.1. The normalized spacial score (nSPS) is 16.6. The van der Waals surface area contributed by atoms with Crippen LogP contribution in [-0.4, -0.2) is 49.0 Å². The largest absolute Gasteiger partial charge is 0.491 e. The molecule has 1 saturated heterocycles. The molecule has 0 aliphatic carbocycles. The van der Waals surface area contributed by atoms with E-state index in [0.717, 1.165) is 37.0 Å². The van der Waals surface area contributed by atoms with E-state index >= 15 is 0 Å². The number of hydrogen-bond donors (Lipinski definition) is 1. The summed E-state index contributed by atoms with van der Waals surface area (Å²) in [4.78, 5) is 27.4. The Bertz CT molecular complexity index is 1080. The van der Waals surface area contributed by atoms with E-state index in [2.05, 4.69) is 26.2 Å². The molecule has 0 saturated carbocycles. The molecule has 1 aliphatic rings. The van der Waals surface area contributed by atoms with Gasteiger partial charge in [-0.15, -0.1) is 0 Å². The van der Waals surface area contributed by atoms with Crippen LogP contribution < -0.4 is 10.2 Å². The Kier molecular flexibility index (Phi) is 10.3. The Morgan fingerprint density at radius 2 is 1.79 bits per heavy atom. The predicted molar refractivity (Wildman–Crippen MR) is 149 cm³/mol. The summed E-state index contributed by atoms with van der Waals surface area (Å²) in [7, 11) is 0. The number of rotatable bonds is 9. The lowest BCUT2D eigenvalue weighted by atomic mass is 9.84. The predicted octanol–water partition coefficient (Wildman–Crippen LogP) is 6.15. The van der Waals surface area contributed by atoms with Crippen LogP contribution in [0.4, 0.5) is 0 Å². The standard InChI is InChI=1S/C31H44N2O5/c1-8-27(31(5,6)7)33(30(35)24-19-21(2)18-22(3)20-24)32-29(34)25-12-11-13-26(23(25)4)36-16-17-38-28-14-9-10-15-37-28/h11-13,18-20,27-28H,8-10,14-17H2,1-7H3,(H,32,34)/t27-,28?/m1/s1. The third-order valence-corrected chi connectivity index (χ3v) is 6.92. The summed E-state index contributed by atoms with van der Waals surface area (Å²) in [5.74, 6) is 0.0418. The van der Waals surface area contributed by atoms with E-state index in [1.54, 1.807) is 12.1 Å². The molecule has 2 aromatic carbocycles. The summed E-state index contributed by atoms with van der Waals surface area (Å²) in [5, 5.41) is 1.52. The summed E-state index contributed by atoms with van der Waals surface area (Å²) in [6, 6.07) is 10.9. The average Bonchev–Trinajstić information content (AvgIpc) is 2.86. The van der Waals surface area contributed by atoms with E-state index in [1.165, 1.54) is 5.01 Å². The number of hydrogen-bond acceptors (Lipinski definition) is 5. The van der Waals surface area contributed by atoms with E-state index < -0.39 is 0 Å². The molecular formula is C31H44N2O5. The molecule has 0 spiro atoms. The first-order chi connectivity index (χ1) is 18.0. The molecule has 3 rings (SSSR count). The first-order valence-electron chi connectivity index (χ1n) is 13.7. The number of hydrazine groups is 1. The van der Waals surface area contributed by atoms with Crippen molar-refractivity contribution in [2.24, 2.45) is 5.41 Å². The molecule has 1 fully saturated rings. The fourth-order valence-electron chi connectivity index (χ4n) is 5.05. The minimum absolute atomic E-state index is 0.166. The van der Waals surface area contributed by atoms with Gasteiger partial charge in [0.2, 0.25) is 0 Å². The fourth-order valence-corrected chi connectivity index (χ4v) is 5.05. The van der Waals surface area contributed by atoms with Crippen molar-refractivity contribution in [3.8, 4) is 5.75 Å². The van der Waals surface area contributed by atoms with E-state index in [0.29, 0.717) is 42.1 Å². The first-order valence-corrected chi connectivity index (χ1v) is 13.7. The Labute approximate surface area is 227 Å². The van der Waals surface area contributed by atoms with Gasteiger partial charge < -0.3 is 14.2 Å². The molecule has 7 nitrogen and oxygen atoms in total. The second-order valence-electron chi connectivity index (χ2n) is 11.2. The zero-order valence-corrected chi connectivity index (χ0v) is 24.1. The van der Waals surface area contributed by atoms with Crippen LogP contribution in [0, 0.1) is 26.2 Å². The van der Waals surface area contributed by atoms with E-state index in [-0.39, 0.29) is 29.6 Å². The monoisotopic (exact) mass is 524 g/mol. The lowest BCUT2D eigenvalue weighted by Gasteiger charge is -2.39. The molecule has 1 unspecified atom stereocenters. The zero-order chi connectivity index (χ0) is 27.9. The van der Waals surface area contributed by atoms with Gasteiger partial charge in [-0.2, -0.15) is 0 Å². The van der Waals surface area contributed by atoms with Gasteiger partial charge in [-0.1, -0.05) is 51.0 Å². The third-order valence-electron chi connectivity index (χ3n) is 6.92. The molecule has 1 aliphatic heterocycles.